The van der Waals surface area contributed by atoms with Crippen LogP contribution in [0.2, 0.25) is 0 Å². The van der Waals surface area contributed by atoms with E-state index in [0.29, 0.717) is 10.6 Å². The average Bonchev–Trinajstić information content (AvgIpc) is 3.29. The molecule has 0 aromatic carbocycles. The third kappa shape index (κ3) is 4.14. The smallest absolute Gasteiger partial charge is 0.307 e. The molecule has 1 N–H and O–H groups in total. The van der Waals surface area contributed by atoms with Crippen molar-refractivity contribution >= 4 is 29.1 Å². The molecular formula is C14H10FN5O4S. The normalized spacial score (nSPS) is 11.1. The second-order valence-corrected chi connectivity index (χ2v) is 5.83. The van der Waals surface area contributed by atoms with Gasteiger partial charge in [-0.05, 0) is 24.3 Å². The summed E-state index contributed by atoms with van der Waals surface area (Å²) in [6, 6.07) is 5.83. The van der Waals surface area contributed by atoms with Gasteiger partial charge in [-0.25, -0.2) is 5.43 Å². The summed E-state index contributed by atoms with van der Waals surface area (Å²) in [5, 5.41) is 17.8. The number of aromatic nitrogens is 2. The molecule has 0 aliphatic carbocycles. The minimum atomic E-state index is -0.578. The molecule has 0 saturated heterocycles. The minimum Gasteiger partial charge on any atom is -0.454 e. The van der Waals surface area contributed by atoms with Gasteiger partial charge in [-0.3, -0.25) is 19.6 Å². The summed E-state index contributed by atoms with van der Waals surface area (Å²) in [6.45, 7) is 0.138. The summed E-state index contributed by atoms with van der Waals surface area (Å²) >= 11 is 0.896. The molecule has 0 aliphatic heterocycles. The lowest BCUT2D eigenvalue weighted by Crippen LogP contribution is -2.16. The summed E-state index contributed by atoms with van der Waals surface area (Å²) in [5.74, 6) is -0.162. The number of nitrogens with one attached hydrogen (secondary N) is 1. The van der Waals surface area contributed by atoms with Crippen molar-refractivity contribution in [1.29, 1.82) is 0 Å². The molecule has 3 heterocycles. The van der Waals surface area contributed by atoms with E-state index >= 15 is 0 Å². The number of carbonyl (C=O) groups is 1. The summed E-state index contributed by atoms with van der Waals surface area (Å²) in [5.41, 5.74) is 2.13. The van der Waals surface area contributed by atoms with Crippen LogP contribution in [0.4, 0.5) is 10.1 Å². The van der Waals surface area contributed by atoms with Crippen LogP contribution in [0.25, 0.3) is 0 Å². The molecule has 0 unspecified atom stereocenters. The van der Waals surface area contributed by atoms with Gasteiger partial charge in [0.05, 0.1) is 22.6 Å². The van der Waals surface area contributed by atoms with Gasteiger partial charge in [-0.2, -0.15) is 14.6 Å². The molecule has 0 fully saturated rings. The topological polar surface area (TPSA) is 116 Å². The minimum absolute atomic E-state index is 0.0196. The van der Waals surface area contributed by atoms with Crippen LogP contribution in [-0.2, 0) is 6.54 Å². The van der Waals surface area contributed by atoms with Gasteiger partial charge in [0.2, 0.25) is 0 Å². The van der Waals surface area contributed by atoms with Gasteiger partial charge in [0.1, 0.15) is 18.2 Å². The van der Waals surface area contributed by atoms with Crippen molar-refractivity contribution in [3.05, 3.63) is 68.3 Å². The fraction of sp³-hybridized carbons (Fsp3) is 0.0714. The van der Waals surface area contributed by atoms with E-state index in [1.807, 2.05) is 0 Å². The van der Waals surface area contributed by atoms with Crippen molar-refractivity contribution in [3.63, 3.8) is 0 Å². The lowest BCUT2D eigenvalue weighted by molar-refractivity contribution is -0.385. The number of hydrazone groups is 1. The van der Waals surface area contributed by atoms with Crippen LogP contribution in [0.1, 0.15) is 21.2 Å². The summed E-state index contributed by atoms with van der Waals surface area (Å²) < 4.78 is 19.5. The van der Waals surface area contributed by atoms with E-state index in [1.54, 1.807) is 6.07 Å². The van der Waals surface area contributed by atoms with Crippen molar-refractivity contribution in [2.75, 3.05) is 0 Å². The van der Waals surface area contributed by atoms with Crippen LogP contribution < -0.4 is 5.43 Å². The van der Waals surface area contributed by atoms with Crippen LogP contribution in [-0.4, -0.2) is 26.8 Å². The highest BCUT2D eigenvalue weighted by molar-refractivity contribution is 7.12. The van der Waals surface area contributed by atoms with E-state index < -0.39 is 10.8 Å². The molecule has 25 heavy (non-hydrogen) atoms. The van der Waals surface area contributed by atoms with Crippen molar-refractivity contribution in [1.82, 2.24) is 15.2 Å². The number of hydrogen-bond acceptors (Lipinski definition) is 7. The molecule has 0 aliphatic rings. The highest BCUT2D eigenvalue weighted by atomic mass is 32.1. The van der Waals surface area contributed by atoms with Crippen LogP contribution >= 0.6 is 11.3 Å². The van der Waals surface area contributed by atoms with E-state index in [2.05, 4.69) is 15.6 Å². The molecule has 11 heteroatoms. The highest BCUT2D eigenvalue weighted by Gasteiger charge is 2.13. The van der Waals surface area contributed by atoms with Gasteiger partial charge >= 0.3 is 11.6 Å². The van der Waals surface area contributed by atoms with Gasteiger partial charge in [0.25, 0.3) is 0 Å². The molecule has 0 radical (unpaired) electrons. The highest BCUT2D eigenvalue weighted by Crippen LogP contribution is 2.13. The zero-order valence-corrected chi connectivity index (χ0v) is 13.3. The average molecular weight is 363 g/mol. The molecule has 0 spiro atoms. The lowest BCUT2D eigenvalue weighted by atomic mass is 10.4. The van der Waals surface area contributed by atoms with Gasteiger partial charge in [0, 0.05) is 0 Å². The molecule has 9 nitrogen and oxygen atoms in total. The Morgan fingerprint density at radius 2 is 2.32 bits per heavy atom. The van der Waals surface area contributed by atoms with Crippen LogP contribution in [0.3, 0.4) is 0 Å². The molecule has 0 saturated carbocycles. The Morgan fingerprint density at radius 1 is 1.48 bits per heavy atom. The molecule has 1 amide bonds. The largest absolute Gasteiger partial charge is 0.454 e. The molecule has 0 atom stereocenters. The zero-order chi connectivity index (χ0) is 17.8. The van der Waals surface area contributed by atoms with Crippen LogP contribution in [0.15, 0.2) is 46.2 Å². The Balaban J connectivity index is 1.59. The van der Waals surface area contributed by atoms with Crippen molar-refractivity contribution in [2.45, 2.75) is 6.54 Å². The number of rotatable bonds is 6. The van der Waals surface area contributed by atoms with Gasteiger partial charge < -0.3 is 4.42 Å². The summed E-state index contributed by atoms with van der Waals surface area (Å²) in [6.07, 6.45) is 3.70. The van der Waals surface area contributed by atoms with Crippen LogP contribution in [0.5, 0.6) is 0 Å². The van der Waals surface area contributed by atoms with E-state index in [-0.39, 0.29) is 23.1 Å². The Kier molecular flexibility index (Phi) is 4.66. The van der Waals surface area contributed by atoms with E-state index in [0.717, 1.165) is 17.5 Å². The maximum atomic E-state index is 12.8. The fourth-order valence-electron chi connectivity index (χ4n) is 1.89. The second-order valence-electron chi connectivity index (χ2n) is 4.76. The lowest BCUT2D eigenvalue weighted by Gasteiger charge is -1.97. The van der Waals surface area contributed by atoms with Gasteiger partial charge in [-0.15, -0.1) is 11.3 Å². The van der Waals surface area contributed by atoms with Crippen molar-refractivity contribution < 1.29 is 18.5 Å². The predicted molar refractivity (Wildman–Crippen MR) is 86.0 cm³/mol. The van der Waals surface area contributed by atoms with Crippen molar-refractivity contribution in [3.8, 4) is 0 Å². The number of thiophene rings is 1. The number of hydrogen-bond donors (Lipinski definition) is 1. The molecule has 3 aromatic heterocycles. The molecule has 128 valence electrons. The third-order valence-corrected chi connectivity index (χ3v) is 3.79. The first kappa shape index (κ1) is 16.5. The number of amides is 1. The fourth-order valence-corrected chi connectivity index (χ4v) is 2.49. The Labute approximate surface area is 143 Å². The number of nitrogens with zero attached hydrogens (tertiary/aromatic N) is 4. The van der Waals surface area contributed by atoms with E-state index in [9.17, 15) is 19.3 Å². The number of furan rings is 1. The summed E-state index contributed by atoms with van der Waals surface area (Å²) in [7, 11) is 0. The van der Waals surface area contributed by atoms with E-state index in [4.69, 9.17) is 4.42 Å². The predicted octanol–water partition coefficient (Wildman–Crippen LogP) is 2.40. The monoisotopic (exact) mass is 363 g/mol. The Bertz CT molecular complexity index is 945. The Hall–Kier alpha value is -3.34. The molecule has 0 bridgehead atoms. The first-order valence-corrected chi connectivity index (χ1v) is 7.67. The number of carbonyl (C=O) groups excluding carboxylic acids is 1. The van der Waals surface area contributed by atoms with Gasteiger partial charge in [-0.1, -0.05) is 0 Å². The first-order chi connectivity index (χ1) is 12.0. The van der Waals surface area contributed by atoms with E-state index in [1.165, 1.54) is 35.3 Å². The zero-order valence-electron chi connectivity index (χ0n) is 12.5. The second kappa shape index (κ2) is 7.05. The standard InChI is InChI=1S/C14H10FN5O4S/c15-13-4-2-11(25-13)6-16-18-14(21)12-3-1-10(24-12)8-19-7-9(5-17-19)20(22)23/h1-7H,8H2,(H,18,21). The third-order valence-electron chi connectivity index (χ3n) is 2.99. The van der Waals surface area contributed by atoms with Crippen LogP contribution in [0, 0.1) is 15.2 Å². The first-order valence-electron chi connectivity index (χ1n) is 6.85. The van der Waals surface area contributed by atoms with Gasteiger partial charge in [0.15, 0.2) is 10.9 Å². The SMILES string of the molecule is O=C(NN=Cc1ccc(F)s1)c1ccc(Cn2cc([N+](=O)[O-])cn2)o1. The van der Waals surface area contributed by atoms with Crippen molar-refractivity contribution in [2.24, 2.45) is 5.10 Å². The Morgan fingerprint density at radius 3 is 3.00 bits per heavy atom. The maximum absolute atomic E-state index is 12.8. The number of nitro groups is 1. The maximum Gasteiger partial charge on any atom is 0.307 e. The molecular weight excluding hydrogens is 353 g/mol. The molecule has 3 rings (SSSR count). The summed E-state index contributed by atoms with van der Waals surface area (Å²) in [4.78, 5) is 22.5. The molecule has 3 aromatic rings. The quantitative estimate of drug-likeness (QED) is 0.410. The number of halogens is 1.